The average molecular weight is 345 g/mol. The van der Waals surface area contributed by atoms with Crippen molar-refractivity contribution < 1.29 is 31.5 Å². The maximum Gasteiger partial charge on any atom is 0.417 e. The van der Waals surface area contributed by atoms with Gasteiger partial charge in [0.1, 0.15) is 17.2 Å². The van der Waals surface area contributed by atoms with Gasteiger partial charge in [0.05, 0.1) is 17.4 Å². The predicted octanol–water partition coefficient (Wildman–Crippen LogP) is 3.10. The van der Waals surface area contributed by atoms with Gasteiger partial charge >= 0.3 is 12.2 Å². The number of benzene rings is 1. The van der Waals surface area contributed by atoms with Crippen molar-refractivity contribution in [2.24, 2.45) is 5.73 Å². The van der Waals surface area contributed by atoms with Crippen molar-refractivity contribution in [2.75, 3.05) is 4.90 Å². The molecule has 126 valence electrons. The molecule has 5 nitrogen and oxygen atoms in total. The van der Waals surface area contributed by atoms with Gasteiger partial charge in [-0.1, -0.05) is 6.07 Å². The second kappa shape index (κ2) is 6.22. The average Bonchev–Trinajstić information content (AvgIpc) is 2.46. The lowest BCUT2D eigenvalue weighted by molar-refractivity contribution is -0.137. The molecule has 0 aliphatic carbocycles. The fourth-order valence-electron chi connectivity index (χ4n) is 1.86. The standard InChI is InChI=1S/C14H8F5N3O2/c15-9-2-1-3-10(16)11(9)12(23)22(13(20)24)8-4-7(5-21-6-8)14(17,18)19/h1-6H,(H2,20,24). The van der Waals surface area contributed by atoms with E-state index in [-0.39, 0.29) is 4.90 Å². The zero-order valence-electron chi connectivity index (χ0n) is 11.6. The number of hydrogen-bond acceptors (Lipinski definition) is 3. The fourth-order valence-corrected chi connectivity index (χ4v) is 1.86. The Morgan fingerprint density at radius 1 is 1.08 bits per heavy atom. The van der Waals surface area contributed by atoms with Crippen LogP contribution in [-0.4, -0.2) is 16.9 Å². The molecule has 1 heterocycles. The van der Waals surface area contributed by atoms with Crippen LogP contribution in [0.25, 0.3) is 0 Å². The monoisotopic (exact) mass is 345 g/mol. The van der Waals surface area contributed by atoms with Gasteiger partial charge in [0, 0.05) is 6.20 Å². The van der Waals surface area contributed by atoms with Crippen LogP contribution in [0.5, 0.6) is 0 Å². The van der Waals surface area contributed by atoms with Crippen molar-refractivity contribution in [3.8, 4) is 0 Å². The molecule has 2 N–H and O–H groups in total. The Balaban J connectivity index is 2.55. The van der Waals surface area contributed by atoms with E-state index in [2.05, 4.69) is 4.98 Å². The second-order valence-corrected chi connectivity index (χ2v) is 4.51. The number of primary amides is 1. The van der Waals surface area contributed by atoms with E-state index in [1.165, 1.54) is 0 Å². The molecule has 24 heavy (non-hydrogen) atoms. The highest BCUT2D eigenvalue weighted by atomic mass is 19.4. The molecule has 0 fully saturated rings. The minimum atomic E-state index is -4.81. The largest absolute Gasteiger partial charge is 0.417 e. The van der Waals surface area contributed by atoms with E-state index in [4.69, 9.17) is 5.73 Å². The fraction of sp³-hybridized carbons (Fsp3) is 0.0714. The van der Waals surface area contributed by atoms with Crippen LogP contribution < -0.4 is 10.6 Å². The summed E-state index contributed by atoms with van der Waals surface area (Å²) in [5, 5.41) is 0. The van der Waals surface area contributed by atoms with Crippen molar-refractivity contribution in [1.29, 1.82) is 0 Å². The number of amides is 3. The maximum atomic E-state index is 13.7. The van der Waals surface area contributed by atoms with Crippen LogP contribution in [0.1, 0.15) is 15.9 Å². The van der Waals surface area contributed by atoms with Crippen LogP contribution in [0.15, 0.2) is 36.7 Å². The summed E-state index contributed by atoms with van der Waals surface area (Å²) in [6.07, 6.45) is -3.62. The van der Waals surface area contributed by atoms with Crippen molar-refractivity contribution >= 4 is 17.6 Å². The van der Waals surface area contributed by atoms with Crippen molar-refractivity contribution in [3.05, 3.63) is 59.4 Å². The van der Waals surface area contributed by atoms with Gasteiger partial charge in [0.2, 0.25) is 0 Å². The lowest BCUT2D eigenvalue weighted by Crippen LogP contribution is -2.42. The number of imide groups is 1. The lowest BCUT2D eigenvalue weighted by Gasteiger charge is -2.19. The summed E-state index contributed by atoms with van der Waals surface area (Å²) in [5.41, 5.74) is 1.90. The number of nitrogens with zero attached hydrogens (tertiary/aromatic N) is 2. The predicted molar refractivity (Wildman–Crippen MR) is 72.0 cm³/mol. The molecule has 10 heteroatoms. The summed E-state index contributed by atoms with van der Waals surface area (Å²) in [4.78, 5) is 27.0. The van der Waals surface area contributed by atoms with E-state index < -0.39 is 46.6 Å². The van der Waals surface area contributed by atoms with Gasteiger partial charge in [0.15, 0.2) is 0 Å². The molecule has 1 aromatic carbocycles. The first-order chi connectivity index (χ1) is 11.1. The van der Waals surface area contributed by atoms with Crippen LogP contribution in [0.2, 0.25) is 0 Å². The number of hydrogen-bond donors (Lipinski definition) is 1. The number of alkyl halides is 3. The van der Waals surface area contributed by atoms with Gasteiger partial charge in [-0.05, 0) is 18.2 Å². The molecule has 0 atom stereocenters. The van der Waals surface area contributed by atoms with E-state index in [1.807, 2.05) is 0 Å². The highest BCUT2D eigenvalue weighted by Gasteiger charge is 2.34. The summed E-state index contributed by atoms with van der Waals surface area (Å²) >= 11 is 0. The molecule has 0 aliphatic rings. The van der Waals surface area contributed by atoms with Crippen molar-refractivity contribution in [3.63, 3.8) is 0 Å². The number of anilines is 1. The molecular formula is C14H8F5N3O2. The van der Waals surface area contributed by atoms with Gasteiger partial charge in [0.25, 0.3) is 5.91 Å². The zero-order chi connectivity index (χ0) is 18.1. The Kier molecular flexibility index (Phi) is 4.49. The molecule has 0 bridgehead atoms. The van der Waals surface area contributed by atoms with Gasteiger partial charge in [-0.3, -0.25) is 9.78 Å². The van der Waals surface area contributed by atoms with Crippen molar-refractivity contribution in [2.45, 2.75) is 6.18 Å². The first kappa shape index (κ1) is 17.3. The number of carbonyl (C=O) groups excluding carboxylic acids is 2. The molecular weight excluding hydrogens is 337 g/mol. The SMILES string of the molecule is NC(=O)N(C(=O)c1c(F)cccc1F)c1cncc(C(F)(F)F)c1. The second-order valence-electron chi connectivity index (χ2n) is 4.51. The van der Waals surface area contributed by atoms with E-state index >= 15 is 0 Å². The highest BCUT2D eigenvalue weighted by Crippen LogP contribution is 2.31. The molecule has 0 saturated heterocycles. The molecule has 0 radical (unpaired) electrons. The molecule has 0 aliphatic heterocycles. The Morgan fingerprint density at radius 2 is 1.67 bits per heavy atom. The smallest absolute Gasteiger partial charge is 0.351 e. The van der Waals surface area contributed by atoms with Gasteiger partial charge < -0.3 is 5.73 Å². The van der Waals surface area contributed by atoms with Crippen LogP contribution >= 0.6 is 0 Å². The van der Waals surface area contributed by atoms with E-state index in [9.17, 15) is 31.5 Å². The minimum absolute atomic E-state index is 0.00370. The highest BCUT2D eigenvalue weighted by molar-refractivity contribution is 6.20. The third-order valence-corrected chi connectivity index (χ3v) is 2.91. The van der Waals surface area contributed by atoms with Crippen LogP contribution in [0, 0.1) is 11.6 Å². The lowest BCUT2D eigenvalue weighted by atomic mass is 10.1. The van der Waals surface area contributed by atoms with Gasteiger partial charge in [-0.2, -0.15) is 13.2 Å². The number of aromatic nitrogens is 1. The maximum absolute atomic E-state index is 13.7. The third-order valence-electron chi connectivity index (χ3n) is 2.91. The van der Waals surface area contributed by atoms with Crippen molar-refractivity contribution in [1.82, 2.24) is 4.98 Å². The molecule has 2 rings (SSSR count). The summed E-state index contributed by atoms with van der Waals surface area (Å²) < 4.78 is 65.5. The summed E-state index contributed by atoms with van der Waals surface area (Å²) in [5.74, 6) is -4.16. The molecule has 2 aromatic rings. The summed E-state index contributed by atoms with van der Waals surface area (Å²) in [7, 11) is 0. The minimum Gasteiger partial charge on any atom is -0.351 e. The molecule has 3 amide bonds. The zero-order valence-corrected chi connectivity index (χ0v) is 11.6. The van der Waals surface area contributed by atoms with Gasteiger partial charge in [-0.25, -0.2) is 18.5 Å². The number of pyridine rings is 1. The Hall–Kier alpha value is -3.04. The number of urea groups is 1. The molecule has 0 spiro atoms. The number of nitrogens with two attached hydrogens (primary N) is 1. The molecule has 1 aromatic heterocycles. The third kappa shape index (κ3) is 3.31. The topological polar surface area (TPSA) is 76.3 Å². The Labute approximate surface area is 131 Å². The van der Waals surface area contributed by atoms with Gasteiger partial charge in [-0.15, -0.1) is 0 Å². The van der Waals surface area contributed by atoms with Crippen LogP contribution in [0.4, 0.5) is 32.4 Å². The van der Waals surface area contributed by atoms with Crippen LogP contribution in [0.3, 0.4) is 0 Å². The van der Waals surface area contributed by atoms with E-state index in [0.29, 0.717) is 12.3 Å². The first-order valence-corrected chi connectivity index (χ1v) is 6.23. The Morgan fingerprint density at radius 3 is 2.17 bits per heavy atom. The quantitative estimate of drug-likeness (QED) is 0.850. The number of carbonyl (C=O) groups is 2. The Bertz CT molecular complexity index is 787. The summed E-state index contributed by atoms with van der Waals surface area (Å²) in [6, 6.07) is 1.36. The number of rotatable bonds is 2. The van der Waals surface area contributed by atoms with E-state index in [0.717, 1.165) is 24.4 Å². The van der Waals surface area contributed by atoms with Crippen LogP contribution in [-0.2, 0) is 6.18 Å². The molecule has 0 unspecified atom stereocenters. The first-order valence-electron chi connectivity index (χ1n) is 6.23. The summed E-state index contributed by atoms with van der Waals surface area (Å²) in [6.45, 7) is 0. The van der Waals surface area contributed by atoms with E-state index in [1.54, 1.807) is 0 Å². The number of halogens is 5. The molecule has 0 saturated carbocycles. The normalized spacial score (nSPS) is 11.2.